The second kappa shape index (κ2) is 8.39. The fraction of sp³-hybridized carbons (Fsp3) is 0.207. The molecule has 2 saturated heterocycles. The average molecular weight is 563 g/mol. The van der Waals surface area contributed by atoms with E-state index in [2.05, 4.69) is 15.6 Å². The van der Waals surface area contributed by atoms with Gasteiger partial charge in [0, 0.05) is 39.4 Å². The lowest BCUT2D eigenvalue weighted by atomic mass is 9.76. The molecule has 4 heterocycles. The maximum atomic E-state index is 14.1. The van der Waals surface area contributed by atoms with E-state index in [4.69, 9.17) is 23.2 Å². The number of nitrogens with zero attached hydrogens (tertiary/aromatic N) is 1. The number of carbonyl (C=O) groups excluding carboxylic acids is 3. The summed E-state index contributed by atoms with van der Waals surface area (Å²) in [7, 11) is 0. The monoisotopic (exact) mass is 562 g/mol. The molecule has 3 aliphatic heterocycles. The van der Waals surface area contributed by atoms with Gasteiger partial charge < -0.3 is 10.3 Å². The summed E-state index contributed by atoms with van der Waals surface area (Å²) in [4.78, 5) is 46.3. The molecule has 3 N–H and O–H groups in total. The molecule has 4 atom stereocenters. The highest BCUT2D eigenvalue weighted by Crippen LogP contribution is 2.55. The summed E-state index contributed by atoms with van der Waals surface area (Å²) in [6.07, 6.45) is 2.26. The first-order valence-corrected chi connectivity index (χ1v) is 13.2. The van der Waals surface area contributed by atoms with Crippen LogP contribution in [0.1, 0.15) is 16.7 Å². The third kappa shape index (κ3) is 3.28. The molecule has 3 aromatic carbocycles. The van der Waals surface area contributed by atoms with Crippen LogP contribution in [0.5, 0.6) is 0 Å². The first kappa shape index (κ1) is 24.3. The standard InChI is InChI=1S/C29H21Cl2FN4O3/c1-13-8-15(30)10-18-25(13)34-28(39)29(18)24-23(22(35-29)9-14-12-33-21-5-3-2-4-17(14)21)26(37)36(27(24)38)16-6-7-20(32)19(31)11-16/h2-8,10-12,22-24,33,35H,9H2,1H3,(H,34,39)/t22-,23+,24-,29-/m1/s1. The van der Waals surface area contributed by atoms with Crippen LogP contribution in [0.3, 0.4) is 0 Å². The molecular formula is C29H21Cl2FN4O3. The molecule has 196 valence electrons. The van der Waals surface area contributed by atoms with E-state index in [0.29, 0.717) is 22.7 Å². The van der Waals surface area contributed by atoms with Crippen molar-refractivity contribution in [3.63, 3.8) is 0 Å². The Bertz CT molecular complexity index is 1750. The molecule has 0 bridgehead atoms. The maximum absolute atomic E-state index is 14.1. The number of fused-ring (bicyclic) bond motifs is 5. The molecule has 1 spiro atoms. The van der Waals surface area contributed by atoms with E-state index in [1.165, 1.54) is 12.1 Å². The van der Waals surface area contributed by atoms with Gasteiger partial charge in [-0.15, -0.1) is 0 Å². The van der Waals surface area contributed by atoms with Gasteiger partial charge in [0.2, 0.25) is 17.7 Å². The Morgan fingerprint density at radius 3 is 2.62 bits per heavy atom. The minimum Gasteiger partial charge on any atom is -0.361 e. The smallest absolute Gasteiger partial charge is 0.250 e. The predicted octanol–water partition coefficient (Wildman–Crippen LogP) is 5.09. The van der Waals surface area contributed by atoms with E-state index in [9.17, 15) is 18.8 Å². The van der Waals surface area contributed by atoms with Crippen molar-refractivity contribution < 1.29 is 18.8 Å². The number of carbonyl (C=O) groups is 3. The quantitative estimate of drug-likeness (QED) is 0.303. The Morgan fingerprint density at radius 1 is 1.03 bits per heavy atom. The predicted molar refractivity (Wildman–Crippen MR) is 146 cm³/mol. The van der Waals surface area contributed by atoms with Crippen molar-refractivity contribution in [2.24, 2.45) is 11.8 Å². The number of aromatic amines is 1. The van der Waals surface area contributed by atoms with Gasteiger partial charge in [0.25, 0.3) is 0 Å². The molecule has 0 saturated carbocycles. The Hall–Kier alpha value is -3.72. The lowest BCUT2D eigenvalue weighted by Crippen LogP contribution is -2.53. The number of nitrogens with one attached hydrogen (secondary N) is 3. The number of imide groups is 1. The number of hydrogen-bond donors (Lipinski definition) is 3. The molecule has 0 unspecified atom stereocenters. The third-order valence-electron chi connectivity index (χ3n) is 8.26. The molecule has 3 amide bonds. The van der Waals surface area contributed by atoms with Gasteiger partial charge >= 0.3 is 0 Å². The molecule has 1 aromatic heterocycles. The lowest BCUT2D eigenvalue weighted by molar-refractivity contribution is -0.130. The zero-order valence-electron chi connectivity index (χ0n) is 20.5. The summed E-state index contributed by atoms with van der Waals surface area (Å²) in [6.45, 7) is 1.83. The summed E-state index contributed by atoms with van der Waals surface area (Å²) in [5, 5.41) is 7.58. The van der Waals surface area contributed by atoms with E-state index in [-0.39, 0.29) is 10.7 Å². The summed E-state index contributed by atoms with van der Waals surface area (Å²) in [5.74, 6) is -4.03. The van der Waals surface area contributed by atoms with Crippen LogP contribution in [-0.2, 0) is 26.3 Å². The number of hydrogen-bond acceptors (Lipinski definition) is 4. The van der Waals surface area contributed by atoms with E-state index in [0.717, 1.165) is 33.0 Å². The van der Waals surface area contributed by atoms with Crippen LogP contribution < -0.4 is 15.5 Å². The second-order valence-electron chi connectivity index (χ2n) is 10.3. The van der Waals surface area contributed by atoms with E-state index < -0.39 is 47.0 Å². The van der Waals surface area contributed by atoms with Gasteiger partial charge in [0.1, 0.15) is 11.4 Å². The zero-order chi connectivity index (χ0) is 27.2. The number of halogens is 3. The highest BCUT2D eigenvalue weighted by atomic mass is 35.5. The number of amides is 3. The Balaban J connectivity index is 1.40. The molecule has 7 nitrogen and oxygen atoms in total. The molecular weight excluding hydrogens is 542 g/mol. The van der Waals surface area contributed by atoms with Gasteiger partial charge in [-0.05, 0) is 60.9 Å². The lowest BCUT2D eigenvalue weighted by Gasteiger charge is -2.29. The van der Waals surface area contributed by atoms with Crippen molar-refractivity contribution in [3.8, 4) is 0 Å². The van der Waals surface area contributed by atoms with Crippen molar-refractivity contribution in [2.75, 3.05) is 10.2 Å². The van der Waals surface area contributed by atoms with Crippen LogP contribution in [0.4, 0.5) is 15.8 Å². The minimum atomic E-state index is -1.52. The van der Waals surface area contributed by atoms with Crippen molar-refractivity contribution in [2.45, 2.75) is 24.9 Å². The summed E-state index contributed by atoms with van der Waals surface area (Å²) in [6, 6.07) is 14.4. The molecule has 4 aromatic rings. The van der Waals surface area contributed by atoms with Crippen LogP contribution in [-0.4, -0.2) is 28.7 Å². The third-order valence-corrected chi connectivity index (χ3v) is 8.77. The minimum absolute atomic E-state index is 0.160. The number of aryl methyl sites for hydroxylation is 1. The maximum Gasteiger partial charge on any atom is 0.250 e. The summed E-state index contributed by atoms with van der Waals surface area (Å²) >= 11 is 12.5. The summed E-state index contributed by atoms with van der Waals surface area (Å²) < 4.78 is 13.9. The van der Waals surface area contributed by atoms with Crippen molar-refractivity contribution in [1.29, 1.82) is 0 Å². The number of benzene rings is 3. The van der Waals surface area contributed by atoms with Crippen LogP contribution in [0.25, 0.3) is 10.9 Å². The van der Waals surface area contributed by atoms with E-state index in [1.807, 2.05) is 37.4 Å². The van der Waals surface area contributed by atoms with Crippen LogP contribution in [0, 0.1) is 24.6 Å². The Labute approximate surface area is 232 Å². The van der Waals surface area contributed by atoms with Gasteiger partial charge in [0.05, 0.1) is 22.5 Å². The van der Waals surface area contributed by atoms with Crippen LogP contribution in [0.2, 0.25) is 10.0 Å². The topological polar surface area (TPSA) is 94.3 Å². The number of aromatic nitrogens is 1. The fourth-order valence-corrected chi connectivity index (χ4v) is 7.07. The molecule has 39 heavy (non-hydrogen) atoms. The Morgan fingerprint density at radius 2 is 1.82 bits per heavy atom. The van der Waals surface area contributed by atoms with E-state index >= 15 is 0 Å². The van der Waals surface area contributed by atoms with Gasteiger partial charge in [-0.25, -0.2) is 9.29 Å². The molecule has 10 heteroatoms. The second-order valence-corrected chi connectivity index (χ2v) is 11.2. The van der Waals surface area contributed by atoms with Gasteiger partial charge in [-0.1, -0.05) is 41.4 Å². The normalized spacial score (nSPS) is 25.6. The van der Waals surface area contributed by atoms with Crippen molar-refractivity contribution >= 4 is 63.2 Å². The molecule has 2 fully saturated rings. The molecule has 0 radical (unpaired) electrons. The first-order chi connectivity index (χ1) is 18.7. The molecule has 3 aliphatic rings. The van der Waals surface area contributed by atoms with Gasteiger partial charge in [0.15, 0.2) is 0 Å². The first-order valence-electron chi connectivity index (χ1n) is 12.5. The van der Waals surface area contributed by atoms with Crippen LogP contribution >= 0.6 is 23.2 Å². The number of H-pyrrole nitrogens is 1. The molecule has 0 aliphatic carbocycles. The fourth-order valence-electron chi connectivity index (χ4n) is 6.62. The van der Waals surface area contributed by atoms with Crippen LogP contribution in [0.15, 0.2) is 60.8 Å². The number of para-hydroxylation sites is 1. The SMILES string of the molecule is Cc1cc(Cl)cc2c1NC(=O)[C@@]21N[C@H](Cc2c[nH]c3ccccc23)[C@@H]2C(=O)N(c3ccc(F)c(Cl)c3)C(=O)[C@@H]21. The largest absolute Gasteiger partial charge is 0.361 e. The van der Waals surface area contributed by atoms with Crippen molar-refractivity contribution in [1.82, 2.24) is 10.3 Å². The van der Waals surface area contributed by atoms with E-state index in [1.54, 1.807) is 12.1 Å². The zero-order valence-corrected chi connectivity index (χ0v) is 22.0. The summed E-state index contributed by atoms with van der Waals surface area (Å²) in [5.41, 5.74) is 2.40. The van der Waals surface area contributed by atoms with Crippen molar-refractivity contribution in [3.05, 3.63) is 93.3 Å². The highest BCUT2D eigenvalue weighted by molar-refractivity contribution is 6.32. The van der Waals surface area contributed by atoms with Gasteiger partial charge in [-0.2, -0.15) is 0 Å². The number of anilines is 2. The number of rotatable bonds is 3. The highest BCUT2D eigenvalue weighted by Gasteiger charge is 2.70. The van der Waals surface area contributed by atoms with Gasteiger partial charge in [-0.3, -0.25) is 19.7 Å². The average Bonchev–Trinajstić information content (AvgIpc) is 3.61. The molecule has 7 rings (SSSR count). The Kier molecular flexibility index (Phi) is 5.23.